The van der Waals surface area contributed by atoms with Crippen molar-refractivity contribution in [2.45, 2.75) is 19.8 Å². The molecular weight excluding hydrogens is 344 g/mol. The van der Waals surface area contributed by atoms with Crippen LogP contribution in [-0.4, -0.2) is 44.0 Å². The van der Waals surface area contributed by atoms with Gasteiger partial charge in [-0.25, -0.2) is 0 Å². The Bertz CT molecular complexity index is 755. The molecule has 0 spiro atoms. The van der Waals surface area contributed by atoms with E-state index in [1.54, 1.807) is 38.4 Å². The maximum Gasteiger partial charge on any atom is 0.260 e. The number of hydrogen-bond acceptors (Lipinski definition) is 4. The van der Waals surface area contributed by atoms with Crippen molar-refractivity contribution >= 4 is 17.5 Å². The number of carbonyl (C=O) groups is 2. The highest BCUT2D eigenvalue weighted by Gasteiger charge is 2.14. The molecule has 2 aromatic rings. The van der Waals surface area contributed by atoms with Crippen molar-refractivity contribution in [3.8, 4) is 11.5 Å². The molecule has 0 fully saturated rings. The second kappa shape index (κ2) is 9.62. The minimum atomic E-state index is -0.280. The van der Waals surface area contributed by atoms with Gasteiger partial charge >= 0.3 is 0 Å². The van der Waals surface area contributed by atoms with Gasteiger partial charge in [0, 0.05) is 12.7 Å². The lowest BCUT2D eigenvalue weighted by molar-refractivity contribution is -0.135. The van der Waals surface area contributed by atoms with Crippen LogP contribution in [0.5, 0.6) is 11.5 Å². The van der Waals surface area contributed by atoms with Crippen LogP contribution in [0.3, 0.4) is 0 Å². The third kappa shape index (κ3) is 6.33. The van der Waals surface area contributed by atoms with E-state index in [1.807, 2.05) is 24.3 Å². The molecule has 0 aromatic heterocycles. The van der Waals surface area contributed by atoms with Crippen LogP contribution < -0.4 is 14.8 Å². The number of benzene rings is 2. The average Bonchev–Trinajstić information content (AvgIpc) is 2.66. The third-order valence-electron chi connectivity index (χ3n) is 4.09. The summed E-state index contributed by atoms with van der Waals surface area (Å²) in [7, 11) is 3.15. The van der Waals surface area contributed by atoms with Gasteiger partial charge < -0.3 is 19.7 Å². The molecule has 144 valence electrons. The molecule has 6 heteroatoms. The van der Waals surface area contributed by atoms with E-state index >= 15 is 0 Å². The number of nitrogens with zero attached hydrogens (tertiary/aromatic N) is 1. The van der Waals surface area contributed by atoms with Gasteiger partial charge in [-0.3, -0.25) is 9.59 Å². The first-order valence-corrected chi connectivity index (χ1v) is 8.79. The fraction of sp³-hybridized carbons (Fsp3) is 0.333. The van der Waals surface area contributed by atoms with Gasteiger partial charge in [-0.2, -0.15) is 0 Å². The number of rotatable bonds is 8. The second-order valence-electron chi connectivity index (χ2n) is 6.54. The minimum absolute atomic E-state index is 0.0550. The predicted octanol–water partition coefficient (Wildman–Crippen LogP) is 3.29. The Kier molecular flexibility index (Phi) is 7.23. The van der Waals surface area contributed by atoms with Crippen LogP contribution in [0.15, 0.2) is 48.5 Å². The Labute approximate surface area is 160 Å². The van der Waals surface area contributed by atoms with E-state index in [2.05, 4.69) is 19.2 Å². The summed E-state index contributed by atoms with van der Waals surface area (Å²) in [4.78, 5) is 25.6. The first-order chi connectivity index (χ1) is 12.9. The van der Waals surface area contributed by atoms with Gasteiger partial charge in [0.25, 0.3) is 5.91 Å². The number of amides is 2. The maximum absolute atomic E-state index is 12.2. The molecular formula is C21H26N2O4. The number of hydrogen-bond donors (Lipinski definition) is 1. The molecule has 2 rings (SSSR count). The number of anilines is 1. The molecule has 0 atom stereocenters. The number of likely N-dealkylation sites (N-methyl/N-ethyl adjacent to an activating group) is 1. The van der Waals surface area contributed by atoms with Crippen LogP contribution >= 0.6 is 0 Å². The third-order valence-corrected chi connectivity index (χ3v) is 4.09. The standard InChI is InChI=1S/C21H26N2O4/c1-15(2)16-5-9-19(10-6-16)27-14-21(25)23(3)13-20(24)22-17-7-11-18(26-4)12-8-17/h5-12,15H,13-14H2,1-4H3,(H,22,24). The van der Waals surface area contributed by atoms with Crippen LogP contribution in [0, 0.1) is 0 Å². The van der Waals surface area contributed by atoms with Crippen molar-refractivity contribution in [3.05, 3.63) is 54.1 Å². The lowest BCUT2D eigenvalue weighted by atomic mass is 10.0. The SMILES string of the molecule is COc1ccc(NC(=O)CN(C)C(=O)COc2ccc(C(C)C)cc2)cc1. The Balaban J connectivity index is 1.79. The Morgan fingerprint density at radius 3 is 2.15 bits per heavy atom. The maximum atomic E-state index is 12.2. The number of ether oxygens (including phenoxy) is 2. The van der Waals surface area contributed by atoms with E-state index in [0.29, 0.717) is 23.1 Å². The summed E-state index contributed by atoms with van der Waals surface area (Å²) in [6, 6.07) is 14.6. The largest absolute Gasteiger partial charge is 0.497 e. The van der Waals surface area contributed by atoms with Crippen LogP contribution in [0.4, 0.5) is 5.69 Å². The second-order valence-corrected chi connectivity index (χ2v) is 6.54. The molecule has 2 aromatic carbocycles. The number of nitrogens with one attached hydrogen (secondary N) is 1. The molecule has 0 heterocycles. The van der Waals surface area contributed by atoms with Gasteiger partial charge in [-0.05, 0) is 47.9 Å². The van der Waals surface area contributed by atoms with E-state index in [1.165, 1.54) is 10.5 Å². The predicted molar refractivity (Wildman–Crippen MR) is 105 cm³/mol. The summed E-state index contributed by atoms with van der Waals surface area (Å²) in [5.74, 6) is 1.23. The lowest BCUT2D eigenvalue weighted by Gasteiger charge is -2.17. The molecule has 0 saturated heterocycles. The summed E-state index contributed by atoms with van der Waals surface area (Å²) in [5.41, 5.74) is 1.85. The number of carbonyl (C=O) groups excluding carboxylic acids is 2. The van der Waals surface area contributed by atoms with Crippen LogP contribution in [0.25, 0.3) is 0 Å². The Morgan fingerprint density at radius 1 is 1.00 bits per heavy atom. The first-order valence-electron chi connectivity index (χ1n) is 8.79. The van der Waals surface area contributed by atoms with Crippen molar-refractivity contribution in [1.82, 2.24) is 4.90 Å². The molecule has 0 aliphatic carbocycles. The highest BCUT2D eigenvalue weighted by molar-refractivity contribution is 5.94. The quantitative estimate of drug-likeness (QED) is 0.774. The summed E-state index contributed by atoms with van der Waals surface area (Å²) in [6.07, 6.45) is 0. The van der Waals surface area contributed by atoms with E-state index in [9.17, 15) is 9.59 Å². The molecule has 0 radical (unpaired) electrons. The van der Waals surface area contributed by atoms with E-state index in [-0.39, 0.29) is 25.0 Å². The lowest BCUT2D eigenvalue weighted by Crippen LogP contribution is -2.37. The molecule has 1 N–H and O–H groups in total. The summed E-state index contributed by atoms with van der Waals surface area (Å²) >= 11 is 0. The molecule has 0 aliphatic rings. The Morgan fingerprint density at radius 2 is 1.59 bits per heavy atom. The van der Waals surface area contributed by atoms with Gasteiger partial charge in [-0.1, -0.05) is 26.0 Å². The fourth-order valence-electron chi connectivity index (χ4n) is 2.38. The van der Waals surface area contributed by atoms with Gasteiger partial charge in [0.05, 0.1) is 13.7 Å². The zero-order valence-corrected chi connectivity index (χ0v) is 16.2. The monoisotopic (exact) mass is 370 g/mol. The van der Waals surface area contributed by atoms with Crippen LogP contribution in [0.2, 0.25) is 0 Å². The topological polar surface area (TPSA) is 67.9 Å². The fourth-order valence-corrected chi connectivity index (χ4v) is 2.38. The molecule has 27 heavy (non-hydrogen) atoms. The highest BCUT2D eigenvalue weighted by Crippen LogP contribution is 2.18. The summed E-state index contributed by atoms with van der Waals surface area (Å²) < 4.78 is 10.6. The van der Waals surface area contributed by atoms with Crippen molar-refractivity contribution in [3.63, 3.8) is 0 Å². The summed E-state index contributed by atoms with van der Waals surface area (Å²) in [5, 5.41) is 2.74. The highest BCUT2D eigenvalue weighted by atomic mass is 16.5. The van der Waals surface area contributed by atoms with E-state index in [4.69, 9.17) is 9.47 Å². The van der Waals surface area contributed by atoms with Gasteiger partial charge in [0.15, 0.2) is 6.61 Å². The molecule has 0 unspecified atom stereocenters. The summed E-state index contributed by atoms with van der Waals surface area (Å²) in [6.45, 7) is 4.06. The molecule has 6 nitrogen and oxygen atoms in total. The smallest absolute Gasteiger partial charge is 0.260 e. The van der Waals surface area contributed by atoms with Gasteiger partial charge in [-0.15, -0.1) is 0 Å². The molecule has 0 bridgehead atoms. The zero-order valence-electron chi connectivity index (χ0n) is 16.2. The van der Waals surface area contributed by atoms with Crippen LogP contribution in [-0.2, 0) is 9.59 Å². The minimum Gasteiger partial charge on any atom is -0.497 e. The van der Waals surface area contributed by atoms with Crippen molar-refractivity contribution in [2.24, 2.45) is 0 Å². The van der Waals surface area contributed by atoms with E-state index in [0.717, 1.165) is 0 Å². The average molecular weight is 370 g/mol. The van der Waals surface area contributed by atoms with Crippen LogP contribution in [0.1, 0.15) is 25.3 Å². The molecule has 2 amide bonds. The zero-order chi connectivity index (χ0) is 19.8. The normalized spacial score (nSPS) is 10.4. The number of methoxy groups -OCH3 is 1. The Hall–Kier alpha value is -3.02. The van der Waals surface area contributed by atoms with Gasteiger partial charge in [0.1, 0.15) is 11.5 Å². The van der Waals surface area contributed by atoms with Crippen molar-refractivity contribution < 1.29 is 19.1 Å². The molecule has 0 aliphatic heterocycles. The molecule has 0 saturated carbocycles. The van der Waals surface area contributed by atoms with Crippen molar-refractivity contribution in [2.75, 3.05) is 32.6 Å². The first kappa shape index (κ1) is 20.3. The van der Waals surface area contributed by atoms with E-state index < -0.39 is 0 Å². The van der Waals surface area contributed by atoms with Crippen molar-refractivity contribution in [1.29, 1.82) is 0 Å². The van der Waals surface area contributed by atoms with Gasteiger partial charge in [0.2, 0.25) is 5.91 Å².